The molecule has 1 aromatic heterocycles. The monoisotopic (exact) mass is 386 g/mol. The Labute approximate surface area is 162 Å². The summed E-state index contributed by atoms with van der Waals surface area (Å²) in [6.45, 7) is 4.52. The summed E-state index contributed by atoms with van der Waals surface area (Å²) < 4.78 is 10.4. The molecular formula is C19H22N4O5. The van der Waals surface area contributed by atoms with Gasteiger partial charge in [-0.05, 0) is 26.0 Å². The van der Waals surface area contributed by atoms with Gasteiger partial charge in [-0.2, -0.15) is 5.10 Å². The maximum atomic E-state index is 12.6. The highest BCUT2D eigenvalue weighted by molar-refractivity contribution is 6.04. The topological polar surface area (TPSA) is 114 Å². The molecule has 28 heavy (non-hydrogen) atoms. The van der Waals surface area contributed by atoms with Crippen LogP contribution < -0.4 is 15.0 Å². The zero-order chi connectivity index (χ0) is 20.1. The molecule has 1 atom stereocenters. The van der Waals surface area contributed by atoms with E-state index in [2.05, 4.69) is 15.5 Å². The van der Waals surface area contributed by atoms with Crippen LogP contribution in [-0.2, 0) is 14.3 Å². The number of hydrogen-bond donors (Lipinski definition) is 2. The fraction of sp³-hybridized carbons (Fsp3) is 0.368. The van der Waals surface area contributed by atoms with E-state index in [-0.39, 0.29) is 42.9 Å². The van der Waals surface area contributed by atoms with Crippen molar-refractivity contribution >= 4 is 29.3 Å². The summed E-state index contributed by atoms with van der Waals surface area (Å²) >= 11 is 0. The molecule has 9 heteroatoms. The van der Waals surface area contributed by atoms with E-state index in [1.807, 2.05) is 19.1 Å². The highest BCUT2D eigenvalue weighted by atomic mass is 16.5. The molecule has 2 heterocycles. The van der Waals surface area contributed by atoms with Crippen molar-refractivity contribution in [2.24, 2.45) is 5.92 Å². The van der Waals surface area contributed by atoms with Crippen LogP contribution in [0.1, 0.15) is 30.8 Å². The number of carbonyl (C=O) groups is 3. The standard InChI is InChI=1S/C19H22N4O5/c1-3-27-15-8-6-5-7-14(15)23-11-12(9-17(23)24)18(25)20-16-10-13(21-22-16)19(26)28-4-2/h5-8,10,12H,3-4,9,11H2,1-2H3,(H2,20,21,22,25)/t12-/m0/s1. The number of esters is 1. The fourth-order valence-corrected chi connectivity index (χ4v) is 3.00. The highest BCUT2D eigenvalue weighted by Gasteiger charge is 2.36. The molecule has 148 valence electrons. The molecule has 2 N–H and O–H groups in total. The first-order valence-corrected chi connectivity index (χ1v) is 9.09. The van der Waals surface area contributed by atoms with Gasteiger partial charge in [0.1, 0.15) is 11.4 Å². The zero-order valence-electron chi connectivity index (χ0n) is 15.7. The molecular weight excluding hydrogens is 364 g/mol. The first kappa shape index (κ1) is 19.4. The number of carbonyl (C=O) groups excluding carboxylic acids is 3. The summed E-state index contributed by atoms with van der Waals surface area (Å²) in [4.78, 5) is 38.3. The van der Waals surface area contributed by atoms with E-state index >= 15 is 0 Å². The number of aromatic nitrogens is 2. The number of benzene rings is 1. The van der Waals surface area contributed by atoms with E-state index in [4.69, 9.17) is 9.47 Å². The molecule has 0 unspecified atom stereocenters. The second-order valence-electron chi connectivity index (χ2n) is 6.18. The maximum absolute atomic E-state index is 12.6. The van der Waals surface area contributed by atoms with Crippen molar-refractivity contribution in [3.8, 4) is 5.75 Å². The number of rotatable bonds is 7. The van der Waals surface area contributed by atoms with Crippen LogP contribution in [0.2, 0.25) is 0 Å². The third-order valence-electron chi connectivity index (χ3n) is 4.28. The van der Waals surface area contributed by atoms with Crippen LogP contribution in [-0.4, -0.2) is 47.7 Å². The second-order valence-corrected chi connectivity index (χ2v) is 6.18. The van der Waals surface area contributed by atoms with Crippen LogP contribution in [0.3, 0.4) is 0 Å². The normalized spacial score (nSPS) is 16.1. The van der Waals surface area contributed by atoms with Crippen LogP contribution >= 0.6 is 0 Å². The lowest BCUT2D eigenvalue weighted by atomic mass is 10.1. The van der Waals surface area contributed by atoms with Gasteiger partial charge in [-0.3, -0.25) is 14.7 Å². The fourth-order valence-electron chi connectivity index (χ4n) is 3.00. The zero-order valence-corrected chi connectivity index (χ0v) is 15.7. The molecule has 1 aliphatic rings. The molecule has 0 aliphatic carbocycles. The average molecular weight is 386 g/mol. The molecule has 1 aliphatic heterocycles. The number of aromatic amines is 1. The number of H-pyrrole nitrogens is 1. The first-order valence-electron chi connectivity index (χ1n) is 9.09. The van der Waals surface area contributed by atoms with E-state index < -0.39 is 11.9 Å². The van der Waals surface area contributed by atoms with Crippen LogP contribution in [0, 0.1) is 5.92 Å². The molecule has 0 spiro atoms. The molecule has 1 fully saturated rings. The van der Waals surface area contributed by atoms with Crippen molar-refractivity contribution in [1.82, 2.24) is 10.2 Å². The Morgan fingerprint density at radius 1 is 1.29 bits per heavy atom. The van der Waals surface area contributed by atoms with Crippen molar-refractivity contribution in [3.63, 3.8) is 0 Å². The highest BCUT2D eigenvalue weighted by Crippen LogP contribution is 2.33. The number of amides is 2. The van der Waals surface area contributed by atoms with Crippen molar-refractivity contribution in [2.75, 3.05) is 30.0 Å². The largest absolute Gasteiger partial charge is 0.492 e. The van der Waals surface area contributed by atoms with E-state index in [1.165, 1.54) is 6.07 Å². The molecule has 2 aromatic rings. The summed E-state index contributed by atoms with van der Waals surface area (Å²) in [5.74, 6) is -0.775. The van der Waals surface area contributed by atoms with Gasteiger partial charge < -0.3 is 19.7 Å². The number of nitrogens with one attached hydrogen (secondary N) is 2. The third kappa shape index (κ3) is 4.13. The van der Waals surface area contributed by atoms with E-state index in [9.17, 15) is 14.4 Å². The second kappa shape index (κ2) is 8.55. The minimum absolute atomic E-state index is 0.0848. The van der Waals surface area contributed by atoms with Crippen molar-refractivity contribution in [2.45, 2.75) is 20.3 Å². The quantitative estimate of drug-likeness (QED) is 0.704. The van der Waals surface area contributed by atoms with Gasteiger partial charge in [0.05, 0.1) is 24.8 Å². The summed E-state index contributed by atoms with van der Waals surface area (Å²) in [6, 6.07) is 8.63. The van der Waals surface area contributed by atoms with Gasteiger partial charge in [0.2, 0.25) is 11.8 Å². The van der Waals surface area contributed by atoms with Crippen molar-refractivity contribution in [1.29, 1.82) is 0 Å². The molecule has 0 saturated carbocycles. The summed E-state index contributed by atoms with van der Waals surface area (Å²) in [5, 5.41) is 9.04. The Balaban J connectivity index is 1.67. The van der Waals surface area contributed by atoms with Crippen molar-refractivity contribution < 1.29 is 23.9 Å². The van der Waals surface area contributed by atoms with Crippen LogP contribution in [0.4, 0.5) is 11.5 Å². The number of para-hydroxylation sites is 2. The van der Waals surface area contributed by atoms with E-state index in [1.54, 1.807) is 24.0 Å². The number of ether oxygens (including phenoxy) is 2. The van der Waals surface area contributed by atoms with Crippen LogP contribution in [0.15, 0.2) is 30.3 Å². The lowest BCUT2D eigenvalue weighted by Gasteiger charge is -2.20. The Kier molecular flexibility index (Phi) is 5.93. The number of nitrogens with zero attached hydrogens (tertiary/aromatic N) is 2. The smallest absolute Gasteiger partial charge is 0.356 e. The third-order valence-corrected chi connectivity index (χ3v) is 4.28. The number of anilines is 2. The SMILES string of the molecule is CCOC(=O)c1cc(NC(=O)[C@H]2CC(=O)N(c3ccccc3OCC)C2)n[nH]1. The molecule has 1 saturated heterocycles. The number of hydrogen-bond acceptors (Lipinski definition) is 6. The van der Waals surface area contributed by atoms with Gasteiger partial charge >= 0.3 is 5.97 Å². The predicted octanol–water partition coefficient (Wildman–Crippen LogP) is 1.98. The van der Waals surface area contributed by atoms with E-state index in [0.29, 0.717) is 18.0 Å². The minimum Gasteiger partial charge on any atom is -0.492 e. The Morgan fingerprint density at radius 2 is 2.07 bits per heavy atom. The Hall–Kier alpha value is -3.36. The van der Waals surface area contributed by atoms with Crippen LogP contribution in [0.5, 0.6) is 5.75 Å². The van der Waals surface area contributed by atoms with Gasteiger partial charge in [0, 0.05) is 19.0 Å². The molecule has 3 rings (SSSR count). The van der Waals surface area contributed by atoms with Gasteiger partial charge in [0.25, 0.3) is 0 Å². The maximum Gasteiger partial charge on any atom is 0.356 e. The molecule has 0 radical (unpaired) electrons. The Bertz CT molecular complexity index is 879. The van der Waals surface area contributed by atoms with Gasteiger partial charge in [0.15, 0.2) is 5.82 Å². The summed E-state index contributed by atoms with van der Waals surface area (Å²) in [6.07, 6.45) is 0.0848. The van der Waals surface area contributed by atoms with Gasteiger partial charge in [-0.25, -0.2) is 4.79 Å². The van der Waals surface area contributed by atoms with Gasteiger partial charge in [-0.1, -0.05) is 12.1 Å². The van der Waals surface area contributed by atoms with Gasteiger partial charge in [-0.15, -0.1) is 0 Å². The molecule has 0 bridgehead atoms. The summed E-state index contributed by atoms with van der Waals surface area (Å²) in [7, 11) is 0. The predicted molar refractivity (Wildman–Crippen MR) is 101 cm³/mol. The first-order chi connectivity index (χ1) is 13.5. The summed E-state index contributed by atoms with van der Waals surface area (Å²) in [5.41, 5.74) is 0.793. The lowest BCUT2D eigenvalue weighted by molar-refractivity contribution is -0.122. The Morgan fingerprint density at radius 3 is 2.82 bits per heavy atom. The van der Waals surface area contributed by atoms with Crippen molar-refractivity contribution in [3.05, 3.63) is 36.0 Å². The minimum atomic E-state index is -0.551. The lowest BCUT2D eigenvalue weighted by Crippen LogP contribution is -2.28. The molecule has 1 aromatic carbocycles. The van der Waals surface area contributed by atoms with E-state index in [0.717, 1.165) is 0 Å². The average Bonchev–Trinajstić information content (AvgIpc) is 3.29. The van der Waals surface area contributed by atoms with Crippen LogP contribution in [0.25, 0.3) is 0 Å². The molecule has 2 amide bonds. The molecule has 9 nitrogen and oxygen atoms in total.